The van der Waals surface area contributed by atoms with Gasteiger partial charge < -0.3 is 4.74 Å². The first-order chi connectivity index (χ1) is 14.8. The molecule has 3 rings (SSSR count). The van der Waals surface area contributed by atoms with Crippen molar-refractivity contribution in [2.45, 2.75) is 13.1 Å². The van der Waals surface area contributed by atoms with Gasteiger partial charge in [-0.2, -0.15) is 23.3 Å². The van der Waals surface area contributed by atoms with Crippen molar-refractivity contribution in [1.82, 2.24) is 0 Å². The lowest BCUT2D eigenvalue weighted by Gasteiger charge is -2.18. The Hall–Kier alpha value is -3.46. The number of anilines is 1. The lowest BCUT2D eigenvalue weighted by atomic mass is 10.2. The van der Waals surface area contributed by atoms with Gasteiger partial charge in [-0.05, 0) is 47.7 Å². The SMILES string of the molecule is Cc1ccsc1C(=O)OCC(=O)N(/N=C/c1ccccc1)c1cccc(C(F)(F)F)c1. The fourth-order valence-electron chi connectivity index (χ4n) is 2.59. The molecule has 0 saturated heterocycles. The van der Waals surface area contributed by atoms with Crippen molar-refractivity contribution in [2.24, 2.45) is 5.10 Å². The quantitative estimate of drug-likeness (QED) is 0.293. The van der Waals surface area contributed by atoms with Gasteiger partial charge in [0.2, 0.25) is 0 Å². The number of thiophene rings is 1. The number of carbonyl (C=O) groups excluding carboxylic acids is 2. The molecule has 0 spiro atoms. The van der Waals surface area contributed by atoms with Gasteiger partial charge in [0.25, 0.3) is 5.91 Å². The molecule has 1 heterocycles. The summed E-state index contributed by atoms with van der Waals surface area (Å²) in [6.45, 7) is 1.05. The Morgan fingerprint density at radius 3 is 2.48 bits per heavy atom. The second kappa shape index (κ2) is 9.57. The van der Waals surface area contributed by atoms with Gasteiger partial charge in [0, 0.05) is 0 Å². The van der Waals surface area contributed by atoms with Crippen molar-refractivity contribution < 1.29 is 27.5 Å². The molecule has 1 amide bonds. The summed E-state index contributed by atoms with van der Waals surface area (Å²) in [4.78, 5) is 25.3. The van der Waals surface area contributed by atoms with Crippen molar-refractivity contribution in [1.29, 1.82) is 0 Å². The molecule has 0 radical (unpaired) electrons. The van der Waals surface area contributed by atoms with Gasteiger partial charge in [-0.1, -0.05) is 36.4 Å². The van der Waals surface area contributed by atoms with E-state index in [1.54, 1.807) is 48.7 Å². The Morgan fingerprint density at radius 1 is 1.10 bits per heavy atom. The lowest BCUT2D eigenvalue weighted by molar-refractivity contribution is -0.137. The Balaban J connectivity index is 1.85. The molecular weight excluding hydrogens is 429 g/mol. The third-order valence-corrected chi connectivity index (χ3v) is 5.15. The van der Waals surface area contributed by atoms with E-state index in [0.29, 0.717) is 16.0 Å². The summed E-state index contributed by atoms with van der Waals surface area (Å²) in [6.07, 6.45) is -3.25. The van der Waals surface area contributed by atoms with E-state index in [4.69, 9.17) is 4.74 Å². The molecule has 0 bridgehead atoms. The minimum Gasteiger partial charge on any atom is -0.451 e. The smallest absolute Gasteiger partial charge is 0.416 e. The predicted molar refractivity (Wildman–Crippen MR) is 112 cm³/mol. The van der Waals surface area contributed by atoms with Gasteiger partial charge in [0.1, 0.15) is 4.88 Å². The van der Waals surface area contributed by atoms with Crippen molar-refractivity contribution in [3.05, 3.63) is 87.6 Å². The number of rotatable bonds is 6. The van der Waals surface area contributed by atoms with Crippen molar-refractivity contribution in [3.63, 3.8) is 0 Å². The summed E-state index contributed by atoms with van der Waals surface area (Å²) >= 11 is 1.17. The van der Waals surface area contributed by atoms with Crippen LogP contribution in [0.2, 0.25) is 0 Å². The first-order valence-electron chi connectivity index (χ1n) is 9.06. The summed E-state index contributed by atoms with van der Waals surface area (Å²) in [5.74, 6) is -1.48. The Labute approximate surface area is 180 Å². The number of esters is 1. The molecule has 31 heavy (non-hydrogen) atoms. The summed E-state index contributed by atoms with van der Waals surface area (Å²) in [5.41, 5.74) is 0.317. The number of carbonyl (C=O) groups is 2. The largest absolute Gasteiger partial charge is 0.451 e. The molecule has 3 aromatic rings. The van der Waals surface area contributed by atoms with Crippen LogP contribution < -0.4 is 5.01 Å². The standard InChI is InChI=1S/C22H17F3N2O3S/c1-15-10-11-31-20(15)21(29)30-14-19(28)27(26-13-16-6-3-2-4-7-16)18-9-5-8-17(12-18)22(23,24)25/h2-13H,14H2,1H3/b26-13+. The van der Waals surface area contributed by atoms with Crippen LogP contribution in [0.3, 0.4) is 0 Å². The minimum atomic E-state index is -4.59. The van der Waals surface area contributed by atoms with Gasteiger partial charge in [-0.3, -0.25) is 4.79 Å². The van der Waals surface area contributed by atoms with E-state index in [9.17, 15) is 22.8 Å². The lowest BCUT2D eigenvalue weighted by Crippen LogP contribution is -2.31. The molecule has 160 valence electrons. The first-order valence-corrected chi connectivity index (χ1v) is 9.94. The average molecular weight is 446 g/mol. The number of amides is 1. The zero-order valence-corrected chi connectivity index (χ0v) is 17.1. The van der Waals surface area contributed by atoms with Crippen LogP contribution in [0.1, 0.15) is 26.4 Å². The second-order valence-corrected chi connectivity index (χ2v) is 7.33. The molecule has 0 aliphatic heterocycles. The van der Waals surface area contributed by atoms with E-state index in [1.165, 1.54) is 29.7 Å². The van der Waals surface area contributed by atoms with E-state index in [-0.39, 0.29) is 5.69 Å². The number of aryl methyl sites for hydroxylation is 1. The maximum absolute atomic E-state index is 13.1. The summed E-state index contributed by atoms with van der Waals surface area (Å²) in [6, 6.07) is 14.7. The number of nitrogens with zero attached hydrogens (tertiary/aromatic N) is 2. The highest BCUT2D eigenvalue weighted by molar-refractivity contribution is 7.12. The molecule has 0 aliphatic rings. The summed E-state index contributed by atoms with van der Waals surface area (Å²) in [7, 11) is 0. The van der Waals surface area contributed by atoms with Gasteiger partial charge in [0.05, 0.1) is 17.5 Å². The van der Waals surface area contributed by atoms with E-state index in [0.717, 1.165) is 17.1 Å². The molecule has 0 aliphatic carbocycles. The molecule has 0 unspecified atom stereocenters. The van der Waals surface area contributed by atoms with Crippen LogP contribution in [0, 0.1) is 6.92 Å². The molecular formula is C22H17F3N2O3S. The topological polar surface area (TPSA) is 59.0 Å². The monoisotopic (exact) mass is 446 g/mol. The van der Waals surface area contributed by atoms with E-state index < -0.39 is 30.2 Å². The van der Waals surface area contributed by atoms with Gasteiger partial charge in [-0.25, -0.2) is 4.79 Å². The van der Waals surface area contributed by atoms with Crippen LogP contribution in [0.25, 0.3) is 0 Å². The number of ether oxygens (including phenoxy) is 1. The summed E-state index contributed by atoms with van der Waals surface area (Å²) in [5, 5.41) is 6.55. The Kier molecular flexibility index (Phi) is 6.86. The van der Waals surface area contributed by atoms with E-state index in [2.05, 4.69) is 5.10 Å². The zero-order chi connectivity index (χ0) is 22.4. The Morgan fingerprint density at radius 2 is 1.84 bits per heavy atom. The number of hydrogen-bond acceptors (Lipinski definition) is 5. The number of alkyl halides is 3. The van der Waals surface area contributed by atoms with E-state index >= 15 is 0 Å². The van der Waals surface area contributed by atoms with Crippen LogP contribution in [0.15, 0.2) is 71.1 Å². The highest BCUT2D eigenvalue weighted by atomic mass is 32.1. The highest BCUT2D eigenvalue weighted by Crippen LogP contribution is 2.31. The zero-order valence-electron chi connectivity index (χ0n) is 16.3. The van der Waals surface area contributed by atoms with Crippen LogP contribution in [-0.2, 0) is 15.7 Å². The third kappa shape index (κ3) is 5.79. The molecule has 5 nitrogen and oxygen atoms in total. The fourth-order valence-corrected chi connectivity index (χ4v) is 3.41. The fraction of sp³-hybridized carbons (Fsp3) is 0.136. The van der Waals surface area contributed by atoms with Crippen molar-refractivity contribution in [3.8, 4) is 0 Å². The average Bonchev–Trinajstić information content (AvgIpc) is 3.18. The van der Waals surface area contributed by atoms with E-state index in [1.807, 2.05) is 0 Å². The maximum atomic E-state index is 13.1. The van der Waals surface area contributed by atoms with Gasteiger partial charge in [0.15, 0.2) is 6.61 Å². The van der Waals surface area contributed by atoms with Gasteiger partial charge >= 0.3 is 12.1 Å². The van der Waals surface area contributed by atoms with Crippen molar-refractivity contribution in [2.75, 3.05) is 11.6 Å². The highest BCUT2D eigenvalue weighted by Gasteiger charge is 2.31. The van der Waals surface area contributed by atoms with Crippen molar-refractivity contribution >= 4 is 35.1 Å². The van der Waals surface area contributed by atoms with Crippen LogP contribution >= 0.6 is 11.3 Å². The summed E-state index contributed by atoms with van der Waals surface area (Å²) < 4.78 is 44.4. The number of hydrazone groups is 1. The minimum absolute atomic E-state index is 0.102. The molecule has 1 aromatic heterocycles. The van der Waals surface area contributed by atoms with Crippen LogP contribution in [0.4, 0.5) is 18.9 Å². The normalized spacial score (nSPS) is 11.5. The molecule has 0 fully saturated rings. The number of benzene rings is 2. The van der Waals surface area contributed by atoms with Gasteiger partial charge in [-0.15, -0.1) is 11.3 Å². The first kappa shape index (κ1) is 22.2. The number of halogens is 3. The molecule has 0 saturated carbocycles. The van der Waals surface area contributed by atoms with Crippen LogP contribution in [-0.4, -0.2) is 24.7 Å². The maximum Gasteiger partial charge on any atom is 0.416 e. The molecule has 0 atom stereocenters. The predicted octanol–water partition coefficient (Wildman–Crippen LogP) is 5.30. The molecule has 9 heteroatoms. The molecule has 0 N–H and O–H groups in total. The molecule has 2 aromatic carbocycles. The Bertz CT molecular complexity index is 1090. The second-order valence-electron chi connectivity index (χ2n) is 6.42. The number of hydrogen-bond donors (Lipinski definition) is 0. The van der Waals surface area contributed by atoms with Crippen LogP contribution in [0.5, 0.6) is 0 Å². The third-order valence-electron chi connectivity index (χ3n) is 4.15.